The fourth-order valence-electron chi connectivity index (χ4n) is 1.32. The molecule has 1 aromatic carbocycles. The highest BCUT2D eigenvalue weighted by atomic mass is 79.9. The molecule has 0 aliphatic carbocycles. The highest BCUT2D eigenvalue weighted by molar-refractivity contribution is 9.10. The number of alkyl halides is 3. The van der Waals surface area contributed by atoms with E-state index in [-0.39, 0.29) is 18.8 Å². The third-order valence-corrected chi connectivity index (χ3v) is 2.57. The van der Waals surface area contributed by atoms with Crippen LogP contribution in [0.2, 0.25) is 0 Å². The van der Waals surface area contributed by atoms with Crippen LogP contribution in [0.5, 0.6) is 0 Å². The maximum Gasteiger partial charge on any atom is 0.418 e. The van der Waals surface area contributed by atoms with Gasteiger partial charge in [0, 0.05) is 16.7 Å². The Morgan fingerprint density at radius 1 is 1.42 bits per heavy atom. The summed E-state index contributed by atoms with van der Waals surface area (Å²) in [5.74, 6) is -1.13. The summed E-state index contributed by atoms with van der Waals surface area (Å²) in [6.45, 7) is -0.397. The summed E-state index contributed by atoms with van der Waals surface area (Å²) in [4.78, 5) is 10.2. The second-order valence-corrected chi connectivity index (χ2v) is 4.48. The van der Waals surface area contributed by atoms with Gasteiger partial charge >= 0.3 is 12.1 Å². The van der Waals surface area contributed by atoms with E-state index in [4.69, 9.17) is 9.84 Å². The Bertz CT molecular complexity index is 451. The van der Waals surface area contributed by atoms with Gasteiger partial charge in [-0.2, -0.15) is 13.2 Å². The Morgan fingerprint density at radius 2 is 2.11 bits per heavy atom. The Morgan fingerprint density at radius 3 is 2.68 bits per heavy atom. The molecule has 8 heteroatoms. The molecule has 0 heterocycles. The SMILES string of the molecule is O=C(O)COCCNc1ccc(Br)cc1C(F)(F)F. The van der Waals surface area contributed by atoms with Gasteiger partial charge in [-0.1, -0.05) is 15.9 Å². The smallest absolute Gasteiger partial charge is 0.418 e. The molecule has 0 saturated carbocycles. The molecule has 1 aromatic rings. The van der Waals surface area contributed by atoms with Crippen molar-refractivity contribution in [2.45, 2.75) is 6.18 Å². The molecule has 19 heavy (non-hydrogen) atoms. The molecule has 2 N–H and O–H groups in total. The normalized spacial score (nSPS) is 11.4. The van der Waals surface area contributed by atoms with E-state index in [1.54, 1.807) is 0 Å². The number of benzene rings is 1. The molecule has 106 valence electrons. The van der Waals surface area contributed by atoms with Crippen molar-refractivity contribution in [3.8, 4) is 0 Å². The minimum Gasteiger partial charge on any atom is -0.480 e. The van der Waals surface area contributed by atoms with Crippen LogP contribution in [0.1, 0.15) is 5.56 Å². The summed E-state index contributed by atoms with van der Waals surface area (Å²) < 4.78 is 43.3. The number of hydrogen-bond acceptors (Lipinski definition) is 3. The van der Waals surface area contributed by atoms with Crippen molar-refractivity contribution in [1.29, 1.82) is 0 Å². The summed E-state index contributed by atoms with van der Waals surface area (Å²) in [6, 6.07) is 3.75. The Labute approximate surface area is 115 Å². The van der Waals surface area contributed by atoms with Crippen molar-refractivity contribution >= 4 is 27.6 Å². The van der Waals surface area contributed by atoms with Crippen molar-refractivity contribution in [2.75, 3.05) is 25.1 Å². The van der Waals surface area contributed by atoms with E-state index in [0.717, 1.165) is 6.07 Å². The lowest BCUT2D eigenvalue weighted by Gasteiger charge is -2.14. The Balaban J connectivity index is 2.61. The second-order valence-electron chi connectivity index (χ2n) is 3.56. The third-order valence-electron chi connectivity index (χ3n) is 2.07. The number of hydrogen-bond donors (Lipinski definition) is 2. The molecular formula is C11H11BrF3NO3. The minimum absolute atomic E-state index is 0.000336. The standard InChI is InChI=1S/C11H11BrF3NO3/c12-7-1-2-9(8(5-7)11(13,14)15)16-3-4-19-6-10(17)18/h1-2,5,16H,3-4,6H2,(H,17,18). The van der Waals surface area contributed by atoms with Crippen LogP contribution in [-0.4, -0.2) is 30.8 Å². The van der Waals surface area contributed by atoms with Crippen molar-refractivity contribution in [2.24, 2.45) is 0 Å². The summed E-state index contributed by atoms with van der Waals surface area (Å²) in [6.07, 6.45) is -4.46. The predicted octanol–water partition coefficient (Wildman–Crippen LogP) is 2.98. The van der Waals surface area contributed by atoms with Gasteiger partial charge in [0.2, 0.25) is 0 Å². The number of carbonyl (C=O) groups is 1. The van der Waals surface area contributed by atoms with Gasteiger partial charge in [0.25, 0.3) is 0 Å². The van der Waals surface area contributed by atoms with E-state index in [1.165, 1.54) is 12.1 Å². The first-order valence-electron chi connectivity index (χ1n) is 5.21. The summed E-state index contributed by atoms with van der Waals surface area (Å²) in [5, 5.41) is 10.9. The van der Waals surface area contributed by atoms with E-state index >= 15 is 0 Å². The van der Waals surface area contributed by atoms with Gasteiger partial charge in [-0.15, -0.1) is 0 Å². The molecule has 0 radical (unpaired) electrons. The van der Waals surface area contributed by atoms with Gasteiger partial charge < -0.3 is 15.2 Å². The van der Waals surface area contributed by atoms with Crippen molar-refractivity contribution < 1.29 is 27.8 Å². The fraction of sp³-hybridized carbons (Fsp3) is 0.364. The van der Waals surface area contributed by atoms with E-state index in [1.807, 2.05) is 0 Å². The van der Waals surface area contributed by atoms with E-state index < -0.39 is 24.3 Å². The fourth-order valence-corrected chi connectivity index (χ4v) is 1.68. The number of rotatable bonds is 6. The van der Waals surface area contributed by atoms with Crippen LogP contribution in [0.25, 0.3) is 0 Å². The molecule has 0 fully saturated rings. The summed E-state index contributed by atoms with van der Waals surface area (Å²) in [7, 11) is 0. The van der Waals surface area contributed by atoms with Crippen LogP contribution in [-0.2, 0) is 15.7 Å². The molecule has 1 rings (SSSR count). The lowest BCUT2D eigenvalue weighted by molar-refractivity contribution is -0.142. The zero-order valence-corrected chi connectivity index (χ0v) is 11.2. The van der Waals surface area contributed by atoms with Crippen LogP contribution >= 0.6 is 15.9 Å². The first kappa shape index (κ1) is 15.8. The molecule has 0 amide bonds. The molecule has 0 atom stereocenters. The molecule has 0 spiro atoms. The molecule has 0 saturated heterocycles. The lowest BCUT2D eigenvalue weighted by atomic mass is 10.1. The first-order valence-corrected chi connectivity index (χ1v) is 6.00. The molecule has 0 aliphatic heterocycles. The van der Waals surface area contributed by atoms with Gasteiger partial charge in [-0.3, -0.25) is 0 Å². The van der Waals surface area contributed by atoms with Crippen molar-refractivity contribution in [3.63, 3.8) is 0 Å². The molecule has 0 aromatic heterocycles. The number of aliphatic carboxylic acids is 1. The molecule has 4 nitrogen and oxygen atoms in total. The van der Waals surface area contributed by atoms with Crippen LogP contribution in [0.15, 0.2) is 22.7 Å². The molecule has 0 aliphatic rings. The average molecular weight is 342 g/mol. The van der Waals surface area contributed by atoms with Crippen molar-refractivity contribution in [3.05, 3.63) is 28.2 Å². The summed E-state index contributed by atoms with van der Waals surface area (Å²) >= 11 is 2.98. The highest BCUT2D eigenvalue weighted by Crippen LogP contribution is 2.36. The largest absolute Gasteiger partial charge is 0.480 e. The Hall–Kier alpha value is -1.28. The zero-order chi connectivity index (χ0) is 14.5. The predicted molar refractivity (Wildman–Crippen MR) is 66.1 cm³/mol. The van der Waals surface area contributed by atoms with Crippen LogP contribution in [0, 0.1) is 0 Å². The highest BCUT2D eigenvalue weighted by Gasteiger charge is 2.33. The van der Waals surface area contributed by atoms with Gasteiger partial charge in [0.05, 0.1) is 12.2 Å². The number of carboxylic acid groups (broad SMARTS) is 1. The maximum atomic E-state index is 12.7. The first-order chi connectivity index (χ1) is 8.80. The minimum atomic E-state index is -4.46. The number of nitrogens with one attached hydrogen (secondary N) is 1. The summed E-state index contributed by atoms with van der Waals surface area (Å²) in [5.41, 5.74) is -0.866. The number of ether oxygens (including phenoxy) is 1. The third kappa shape index (κ3) is 5.48. The van der Waals surface area contributed by atoms with Crippen LogP contribution < -0.4 is 5.32 Å². The number of carboxylic acids is 1. The zero-order valence-electron chi connectivity index (χ0n) is 9.63. The van der Waals surface area contributed by atoms with Gasteiger partial charge in [0.1, 0.15) is 6.61 Å². The van der Waals surface area contributed by atoms with Crippen molar-refractivity contribution in [1.82, 2.24) is 0 Å². The number of anilines is 1. The van der Waals surface area contributed by atoms with E-state index in [9.17, 15) is 18.0 Å². The van der Waals surface area contributed by atoms with Gasteiger partial charge in [0.15, 0.2) is 0 Å². The maximum absolute atomic E-state index is 12.7. The monoisotopic (exact) mass is 341 g/mol. The lowest BCUT2D eigenvalue weighted by Crippen LogP contribution is -2.16. The number of halogens is 4. The second kappa shape index (κ2) is 6.76. The van der Waals surface area contributed by atoms with Gasteiger partial charge in [-0.05, 0) is 18.2 Å². The molecule has 0 unspecified atom stereocenters. The molecular weight excluding hydrogens is 331 g/mol. The quantitative estimate of drug-likeness (QED) is 0.781. The van der Waals surface area contributed by atoms with Crippen LogP contribution in [0.3, 0.4) is 0 Å². The van der Waals surface area contributed by atoms with E-state index in [0.29, 0.717) is 4.47 Å². The van der Waals surface area contributed by atoms with E-state index in [2.05, 4.69) is 21.2 Å². The van der Waals surface area contributed by atoms with Gasteiger partial charge in [-0.25, -0.2) is 4.79 Å². The Kier molecular flexibility index (Phi) is 5.61. The molecule has 0 bridgehead atoms. The van der Waals surface area contributed by atoms with Crippen LogP contribution in [0.4, 0.5) is 18.9 Å². The average Bonchev–Trinajstić information content (AvgIpc) is 2.28. The topological polar surface area (TPSA) is 58.6 Å².